The third-order valence-corrected chi connectivity index (χ3v) is 4.12. The summed E-state index contributed by atoms with van der Waals surface area (Å²) in [5, 5.41) is 0.535. The number of nitrogens with zero attached hydrogens (tertiary/aromatic N) is 3. The van der Waals surface area contributed by atoms with Crippen LogP contribution in [0.5, 0.6) is 0 Å². The molecule has 0 saturated heterocycles. The number of halogens is 2. The fraction of sp³-hybridized carbons (Fsp3) is 0.538. The van der Waals surface area contributed by atoms with Crippen LogP contribution in [-0.4, -0.2) is 14.5 Å². The number of rotatable bonds is 2. The van der Waals surface area contributed by atoms with Gasteiger partial charge in [-0.05, 0) is 25.7 Å². The van der Waals surface area contributed by atoms with Crippen LogP contribution in [0.15, 0.2) is 12.4 Å². The Kier molecular flexibility index (Phi) is 2.99. The smallest absolute Gasteiger partial charge is 0.128 e. The van der Waals surface area contributed by atoms with Crippen LogP contribution in [0, 0.1) is 5.92 Å². The maximum Gasteiger partial charge on any atom is 0.128 e. The summed E-state index contributed by atoms with van der Waals surface area (Å²) in [5.74, 6) is 1.67. The first-order valence-corrected chi connectivity index (χ1v) is 7.04. The minimum Gasteiger partial charge on any atom is -0.322 e. The molecule has 1 aliphatic rings. The molecule has 1 aliphatic carbocycles. The van der Waals surface area contributed by atoms with E-state index in [2.05, 4.69) is 21.5 Å². The standard InChI is InChI=1S/C13H15Cl2N3/c1-7-3-9(4-7)18-12-10(15)5-16-6-11(12)17-13(18)8(2)14/h5-9H,3-4H2,1-2H3. The zero-order valence-electron chi connectivity index (χ0n) is 10.4. The van der Waals surface area contributed by atoms with Gasteiger partial charge in [0.05, 0.1) is 22.1 Å². The summed E-state index contributed by atoms with van der Waals surface area (Å²) in [6, 6.07) is 0.473. The van der Waals surface area contributed by atoms with E-state index in [1.807, 2.05) is 6.92 Å². The van der Waals surface area contributed by atoms with E-state index >= 15 is 0 Å². The lowest BCUT2D eigenvalue weighted by molar-refractivity contribution is 0.216. The molecule has 96 valence electrons. The molecule has 1 atom stereocenters. The topological polar surface area (TPSA) is 30.7 Å². The van der Waals surface area contributed by atoms with Crippen LogP contribution in [0.25, 0.3) is 11.0 Å². The van der Waals surface area contributed by atoms with Crippen molar-refractivity contribution >= 4 is 34.2 Å². The summed E-state index contributed by atoms with van der Waals surface area (Å²) in [5.41, 5.74) is 1.82. The van der Waals surface area contributed by atoms with Gasteiger partial charge < -0.3 is 4.57 Å². The van der Waals surface area contributed by atoms with E-state index in [0.29, 0.717) is 11.1 Å². The predicted octanol–water partition coefficient (Wildman–Crippen LogP) is 4.36. The van der Waals surface area contributed by atoms with Gasteiger partial charge in [-0.3, -0.25) is 4.98 Å². The Balaban J connectivity index is 2.21. The molecule has 2 heterocycles. The van der Waals surface area contributed by atoms with Gasteiger partial charge in [-0.1, -0.05) is 18.5 Å². The molecule has 5 heteroatoms. The third kappa shape index (κ3) is 1.81. The summed E-state index contributed by atoms with van der Waals surface area (Å²) < 4.78 is 2.22. The van der Waals surface area contributed by atoms with Crippen molar-refractivity contribution in [2.45, 2.75) is 38.1 Å². The summed E-state index contributed by atoms with van der Waals surface area (Å²) >= 11 is 12.5. The summed E-state index contributed by atoms with van der Waals surface area (Å²) in [7, 11) is 0. The van der Waals surface area contributed by atoms with Crippen molar-refractivity contribution in [1.82, 2.24) is 14.5 Å². The Morgan fingerprint density at radius 2 is 2.11 bits per heavy atom. The fourth-order valence-electron chi connectivity index (χ4n) is 2.75. The van der Waals surface area contributed by atoms with E-state index < -0.39 is 0 Å². The van der Waals surface area contributed by atoms with Crippen LogP contribution >= 0.6 is 23.2 Å². The summed E-state index contributed by atoms with van der Waals surface area (Å²) in [4.78, 5) is 8.68. The van der Waals surface area contributed by atoms with Gasteiger partial charge in [0.2, 0.25) is 0 Å². The molecular formula is C13H15Cl2N3. The Labute approximate surface area is 116 Å². The minimum atomic E-state index is -0.121. The van der Waals surface area contributed by atoms with Crippen molar-refractivity contribution in [3.8, 4) is 0 Å². The zero-order chi connectivity index (χ0) is 12.9. The molecule has 2 aromatic heterocycles. The Morgan fingerprint density at radius 3 is 2.72 bits per heavy atom. The van der Waals surface area contributed by atoms with Gasteiger partial charge in [0, 0.05) is 12.2 Å². The number of hydrogen-bond acceptors (Lipinski definition) is 2. The van der Waals surface area contributed by atoms with Gasteiger partial charge in [0.1, 0.15) is 11.3 Å². The Hall–Kier alpha value is -0.800. The molecule has 2 aromatic rings. The van der Waals surface area contributed by atoms with E-state index in [1.165, 1.54) is 12.8 Å². The lowest BCUT2D eigenvalue weighted by atomic mass is 9.81. The number of pyridine rings is 1. The fourth-order valence-corrected chi connectivity index (χ4v) is 3.15. The van der Waals surface area contributed by atoms with E-state index in [9.17, 15) is 0 Å². The van der Waals surface area contributed by atoms with E-state index in [0.717, 1.165) is 22.8 Å². The molecule has 0 radical (unpaired) electrons. The van der Waals surface area contributed by atoms with Crippen molar-refractivity contribution in [3.05, 3.63) is 23.2 Å². The lowest BCUT2D eigenvalue weighted by Gasteiger charge is -2.35. The monoisotopic (exact) mass is 283 g/mol. The quantitative estimate of drug-likeness (QED) is 0.767. The lowest BCUT2D eigenvalue weighted by Crippen LogP contribution is -2.26. The highest BCUT2D eigenvalue weighted by Gasteiger charge is 2.31. The van der Waals surface area contributed by atoms with Crippen molar-refractivity contribution in [2.24, 2.45) is 5.92 Å². The number of aromatic nitrogens is 3. The summed E-state index contributed by atoms with van der Waals surface area (Å²) in [6.45, 7) is 4.21. The average Bonchev–Trinajstić information content (AvgIpc) is 2.65. The normalized spacial score (nSPS) is 25.1. The molecule has 1 saturated carbocycles. The highest BCUT2D eigenvalue weighted by Crippen LogP contribution is 2.42. The molecule has 18 heavy (non-hydrogen) atoms. The maximum atomic E-state index is 6.28. The number of imidazole rings is 1. The molecule has 0 N–H and O–H groups in total. The second-order valence-electron chi connectivity index (χ2n) is 5.18. The summed E-state index contributed by atoms with van der Waals surface area (Å²) in [6.07, 6.45) is 5.76. The largest absolute Gasteiger partial charge is 0.322 e. The van der Waals surface area contributed by atoms with Crippen molar-refractivity contribution < 1.29 is 0 Å². The van der Waals surface area contributed by atoms with Gasteiger partial charge >= 0.3 is 0 Å². The number of hydrogen-bond donors (Lipinski definition) is 0. The highest BCUT2D eigenvalue weighted by atomic mass is 35.5. The first kappa shape index (κ1) is 12.2. The maximum absolute atomic E-state index is 6.28. The van der Waals surface area contributed by atoms with Gasteiger partial charge in [0.15, 0.2) is 0 Å². The highest BCUT2D eigenvalue weighted by molar-refractivity contribution is 6.34. The molecule has 0 aromatic carbocycles. The van der Waals surface area contributed by atoms with Crippen molar-refractivity contribution in [2.75, 3.05) is 0 Å². The number of fused-ring (bicyclic) bond motifs is 1. The second kappa shape index (κ2) is 4.39. The first-order valence-electron chi connectivity index (χ1n) is 6.23. The SMILES string of the molecule is CC1CC(n2c(C(C)Cl)nc3cncc(Cl)c32)C1. The van der Waals surface area contributed by atoms with Gasteiger partial charge in [-0.2, -0.15) is 0 Å². The van der Waals surface area contributed by atoms with Gasteiger partial charge in [-0.15, -0.1) is 11.6 Å². The number of alkyl halides is 1. The molecule has 1 unspecified atom stereocenters. The third-order valence-electron chi connectivity index (χ3n) is 3.65. The predicted molar refractivity (Wildman–Crippen MR) is 74.2 cm³/mol. The van der Waals surface area contributed by atoms with E-state index in [-0.39, 0.29) is 5.38 Å². The average molecular weight is 284 g/mol. The molecule has 0 bridgehead atoms. The molecular weight excluding hydrogens is 269 g/mol. The van der Waals surface area contributed by atoms with Crippen LogP contribution in [0.2, 0.25) is 5.02 Å². The molecule has 0 amide bonds. The Bertz CT molecular complexity index is 585. The second-order valence-corrected chi connectivity index (χ2v) is 6.24. The van der Waals surface area contributed by atoms with Crippen LogP contribution in [0.1, 0.15) is 43.9 Å². The van der Waals surface area contributed by atoms with Crippen LogP contribution in [0.3, 0.4) is 0 Å². The molecule has 3 nitrogen and oxygen atoms in total. The molecule has 0 aliphatic heterocycles. The van der Waals surface area contributed by atoms with Crippen molar-refractivity contribution in [1.29, 1.82) is 0 Å². The van der Waals surface area contributed by atoms with Gasteiger partial charge in [0.25, 0.3) is 0 Å². The van der Waals surface area contributed by atoms with Crippen LogP contribution < -0.4 is 0 Å². The van der Waals surface area contributed by atoms with E-state index in [4.69, 9.17) is 23.2 Å². The Morgan fingerprint density at radius 1 is 1.39 bits per heavy atom. The van der Waals surface area contributed by atoms with E-state index in [1.54, 1.807) is 12.4 Å². The van der Waals surface area contributed by atoms with Crippen LogP contribution in [-0.2, 0) is 0 Å². The molecule has 0 spiro atoms. The van der Waals surface area contributed by atoms with Gasteiger partial charge in [-0.25, -0.2) is 4.98 Å². The molecule has 3 rings (SSSR count). The molecule has 1 fully saturated rings. The minimum absolute atomic E-state index is 0.121. The van der Waals surface area contributed by atoms with Crippen LogP contribution in [0.4, 0.5) is 0 Å². The first-order chi connectivity index (χ1) is 8.58. The van der Waals surface area contributed by atoms with Crippen molar-refractivity contribution in [3.63, 3.8) is 0 Å². The zero-order valence-corrected chi connectivity index (χ0v) is 11.9.